The van der Waals surface area contributed by atoms with Gasteiger partial charge in [0.2, 0.25) is 5.91 Å². The van der Waals surface area contributed by atoms with Crippen LogP contribution in [0.4, 0.5) is 10.5 Å². The Morgan fingerprint density at radius 3 is 2.83 bits per heavy atom. The number of para-hydroxylation sites is 1. The number of nitrogens with zero attached hydrogens (tertiary/aromatic N) is 1. The first-order valence-corrected chi connectivity index (χ1v) is 6.04. The zero-order valence-electron chi connectivity index (χ0n) is 10.3. The van der Waals surface area contributed by atoms with Gasteiger partial charge in [-0.3, -0.25) is 10.1 Å². The van der Waals surface area contributed by atoms with E-state index in [-0.39, 0.29) is 5.91 Å². The first kappa shape index (κ1) is 12.4. The molecule has 1 atom stereocenters. The summed E-state index contributed by atoms with van der Waals surface area (Å²) in [6, 6.07) is 6.81. The first-order chi connectivity index (χ1) is 8.59. The molecular formula is C13H17N3O2. The fourth-order valence-electron chi connectivity index (χ4n) is 2.33. The quantitative estimate of drug-likeness (QED) is 0.819. The molecule has 2 rings (SSSR count). The maximum absolute atomic E-state index is 11.8. The number of imide groups is 1. The molecule has 1 aromatic carbocycles. The van der Waals surface area contributed by atoms with Crippen molar-refractivity contribution in [1.29, 1.82) is 0 Å². The van der Waals surface area contributed by atoms with E-state index in [4.69, 9.17) is 5.73 Å². The summed E-state index contributed by atoms with van der Waals surface area (Å²) in [7, 11) is 0. The summed E-state index contributed by atoms with van der Waals surface area (Å²) in [4.78, 5) is 24.5. The van der Waals surface area contributed by atoms with Crippen LogP contribution >= 0.6 is 0 Å². The topological polar surface area (TPSA) is 75.4 Å². The zero-order chi connectivity index (χ0) is 13.1. The van der Waals surface area contributed by atoms with Crippen molar-refractivity contribution < 1.29 is 9.59 Å². The highest BCUT2D eigenvalue weighted by Crippen LogP contribution is 2.28. The van der Waals surface area contributed by atoms with E-state index in [1.165, 1.54) is 5.56 Å². The summed E-state index contributed by atoms with van der Waals surface area (Å²) < 4.78 is 0. The molecule has 18 heavy (non-hydrogen) atoms. The Bertz CT molecular complexity index is 473. The van der Waals surface area contributed by atoms with Gasteiger partial charge in [-0.25, -0.2) is 4.79 Å². The molecule has 1 aromatic rings. The van der Waals surface area contributed by atoms with E-state index in [1.807, 2.05) is 23.1 Å². The molecule has 1 heterocycles. The highest BCUT2D eigenvalue weighted by molar-refractivity contribution is 5.97. The van der Waals surface area contributed by atoms with Crippen molar-refractivity contribution >= 4 is 17.6 Å². The van der Waals surface area contributed by atoms with Crippen molar-refractivity contribution in [2.75, 3.05) is 11.4 Å². The summed E-state index contributed by atoms with van der Waals surface area (Å²) in [5.41, 5.74) is 7.27. The van der Waals surface area contributed by atoms with Crippen molar-refractivity contribution in [1.82, 2.24) is 5.32 Å². The van der Waals surface area contributed by atoms with Crippen LogP contribution in [0.5, 0.6) is 0 Å². The number of hydrogen-bond acceptors (Lipinski definition) is 3. The average molecular weight is 247 g/mol. The number of hydrogen-bond donors (Lipinski definition) is 2. The van der Waals surface area contributed by atoms with E-state index in [9.17, 15) is 9.59 Å². The second-order valence-corrected chi connectivity index (χ2v) is 4.46. The van der Waals surface area contributed by atoms with Crippen LogP contribution in [0.1, 0.15) is 18.9 Å². The molecule has 5 heteroatoms. The van der Waals surface area contributed by atoms with E-state index in [0.717, 1.165) is 25.1 Å². The molecule has 0 fully saturated rings. The molecule has 96 valence electrons. The van der Waals surface area contributed by atoms with Crippen LogP contribution in [0, 0.1) is 0 Å². The largest absolute Gasteiger partial charge is 0.360 e. The predicted octanol–water partition coefficient (Wildman–Crippen LogP) is 1.02. The zero-order valence-corrected chi connectivity index (χ0v) is 10.3. The van der Waals surface area contributed by atoms with Gasteiger partial charge in [-0.05, 0) is 31.4 Å². The minimum Gasteiger partial charge on any atom is -0.360 e. The molecule has 0 spiro atoms. The number of amides is 3. The Kier molecular flexibility index (Phi) is 3.50. The molecule has 1 aliphatic heterocycles. The van der Waals surface area contributed by atoms with E-state index in [0.29, 0.717) is 0 Å². The van der Waals surface area contributed by atoms with Gasteiger partial charge in [0.25, 0.3) is 0 Å². The summed E-state index contributed by atoms with van der Waals surface area (Å²) in [5, 5.41) is 2.13. The van der Waals surface area contributed by atoms with Gasteiger partial charge in [0.15, 0.2) is 0 Å². The van der Waals surface area contributed by atoms with E-state index >= 15 is 0 Å². The van der Waals surface area contributed by atoms with Crippen LogP contribution in [0.3, 0.4) is 0 Å². The summed E-state index contributed by atoms with van der Waals surface area (Å²) in [5.74, 6) is -0.362. The lowest BCUT2D eigenvalue weighted by atomic mass is 10.00. The van der Waals surface area contributed by atoms with E-state index in [1.54, 1.807) is 6.92 Å². The molecule has 3 amide bonds. The smallest absolute Gasteiger partial charge is 0.318 e. The number of primary amides is 1. The van der Waals surface area contributed by atoms with E-state index < -0.39 is 12.1 Å². The number of urea groups is 1. The van der Waals surface area contributed by atoms with Crippen LogP contribution in [-0.2, 0) is 11.2 Å². The molecular weight excluding hydrogens is 230 g/mol. The molecule has 0 aromatic heterocycles. The van der Waals surface area contributed by atoms with Gasteiger partial charge in [-0.2, -0.15) is 0 Å². The fraction of sp³-hybridized carbons (Fsp3) is 0.385. The van der Waals surface area contributed by atoms with Crippen LogP contribution in [0.15, 0.2) is 24.3 Å². The number of carbonyl (C=O) groups excluding carboxylic acids is 2. The first-order valence-electron chi connectivity index (χ1n) is 6.04. The maximum Gasteiger partial charge on any atom is 0.318 e. The number of fused-ring (bicyclic) bond motifs is 1. The van der Waals surface area contributed by atoms with Gasteiger partial charge >= 0.3 is 6.03 Å². The molecule has 0 saturated heterocycles. The van der Waals surface area contributed by atoms with E-state index in [2.05, 4.69) is 11.4 Å². The molecule has 3 N–H and O–H groups in total. The van der Waals surface area contributed by atoms with Crippen molar-refractivity contribution in [3.05, 3.63) is 29.8 Å². The molecule has 0 radical (unpaired) electrons. The van der Waals surface area contributed by atoms with Crippen LogP contribution in [0.25, 0.3) is 0 Å². The molecule has 0 saturated carbocycles. The lowest BCUT2D eigenvalue weighted by Gasteiger charge is -2.35. The minimum absolute atomic E-state index is 0.362. The van der Waals surface area contributed by atoms with Crippen LogP contribution in [0.2, 0.25) is 0 Å². The number of nitrogens with one attached hydrogen (secondary N) is 1. The number of aryl methyl sites for hydroxylation is 1. The monoisotopic (exact) mass is 247 g/mol. The van der Waals surface area contributed by atoms with Crippen LogP contribution < -0.4 is 16.0 Å². The third kappa shape index (κ3) is 2.45. The Balaban J connectivity index is 2.19. The molecule has 1 unspecified atom stereocenters. The number of rotatable bonds is 2. The third-order valence-electron chi connectivity index (χ3n) is 3.24. The lowest BCUT2D eigenvalue weighted by molar-refractivity contribution is -0.120. The van der Waals surface area contributed by atoms with Crippen molar-refractivity contribution in [3.8, 4) is 0 Å². The summed E-state index contributed by atoms with van der Waals surface area (Å²) >= 11 is 0. The SMILES string of the molecule is CC(C(=O)NC(N)=O)N1CCCc2ccccc21. The number of carbonyl (C=O) groups is 2. The number of benzene rings is 1. The summed E-state index contributed by atoms with van der Waals surface area (Å²) in [6.07, 6.45) is 2.03. The van der Waals surface area contributed by atoms with Gasteiger partial charge < -0.3 is 10.6 Å². The van der Waals surface area contributed by atoms with Crippen molar-refractivity contribution in [3.63, 3.8) is 0 Å². The molecule has 5 nitrogen and oxygen atoms in total. The maximum atomic E-state index is 11.8. The highest BCUT2D eigenvalue weighted by Gasteiger charge is 2.26. The predicted molar refractivity (Wildman–Crippen MR) is 69.3 cm³/mol. The number of nitrogens with two attached hydrogens (primary N) is 1. The Labute approximate surface area is 106 Å². The van der Waals surface area contributed by atoms with Gasteiger partial charge in [0, 0.05) is 12.2 Å². The highest BCUT2D eigenvalue weighted by atomic mass is 16.2. The number of anilines is 1. The van der Waals surface area contributed by atoms with Gasteiger partial charge in [-0.1, -0.05) is 18.2 Å². The minimum atomic E-state index is -0.808. The molecule has 0 aliphatic carbocycles. The Morgan fingerprint density at radius 1 is 1.39 bits per heavy atom. The summed E-state index contributed by atoms with van der Waals surface area (Å²) in [6.45, 7) is 2.59. The lowest BCUT2D eigenvalue weighted by Crippen LogP contribution is -2.50. The molecule has 0 bridgehead atoms. The van der Waals surface area contributed by atoms with Crippen LogP contribution in [-0.4, -0.2) is 24.5 Å². The average Bonchev–Trinajstić information content (AvgIpc) is 2.36. The van der Waals surface area contributed by atoms with Crippen molar-refractivity contribution in [2.24, 2.45) is 5.73 Å². The van der Waals surface area contributed by atoms with Gasteiger partial charge in [-0.15, -0.1) is 0 Å². The normalized spacial score (nSPS) is 15.7. The van der Waals surface area contributed by atoms with Crippen molar-refractivity contribution in [2.45, 2.75) is 25.8 Å². The standard InChI is InChI=1S/C13H17N3O2/c1-9(12(17)15-13(14)18)16-8-4-6-10-5-2-3-7-11(10)16/h2-3,5,7,9H,4,6,8H2,1H3,(H3,14,15,17,18). The Hall–Kier alpha value is -2.04. The molecule has 1 aliphatic rings. The second-order valence-electron chi connectivity index (χ2n) is 4.46. The second kappa shape index (κ2) is 5.08. The Morgan fingerprint density at radius 2 is 2.11 bits per heavy atom. The fourth-order valence-corrected chi connectivity index (χ4v) is 2.33. The van der Waals surface area contributed by atoms with Gasteiger partial charge in [0.05, 0.1) is 0 Å². The third-order valence-corrected chi connectivity index (χ3v) is 3.24. The van der Waals surface area contributed by atoms with Gasteiger partial charge in [0.1, 0.15) is 6.04 Å².